The van der Waals surface area contributed by atoms with E-state index in [1.165, 1.54) is 12.1 Å². The van der Waals surface area contributed by atoms with Crippen LogP contribution in [0.2, 0.25) is 0 Å². The molecule has 1 aromatic carbocycles. The Morgan fingerprint density at radius 2 is 1.91 bits per heavy atom. The number of amides is 2. The number of nitrogens with zero attached hydrogens (tertiary/aromatic N) is 4. The molecule has 7 atom stereocenters. The summed E-state index contributed by atoms with van der Waals surface area (Å²) in [7, 11) is 0. The summed E-state index contributed by atoms with van der Waals surface area (Å²) in [4.78, 5) is 32.7. The van der Waals surface area contributed by atoms with Gasteiger partial charge in [0.1, 0.15) is 11.9 Å². The van der Waals surface area contributed by atoms with Gasteiger partial charge in [0.2, 0.25) is 11.8 Å². The van der Waals surface area contributed by atoms with Crippen LogP contribution in [0.3, 0.4) is 0 Å². The molecule has 3 saturated heterocycles. The predicted molar refractivity (Wildman–Crippen MR) is 121 cm³/mol. The van der Waals surface area contributed by atoms with E-state index < -0.39 is 0 Å². The maximum Gasteiger partial charge on any atom is 0.240 e. The maximum atomic E-state index is 13.5. The average molecular weight is 453 g/mol. The van der Waals surface area contributed by atoms with E-state index in [1.807, 2.05) is 16.7 Å². The first-order valence-electron chi connectivity index (χ1n) is 12.1. The third-order valence-corrected chi connectivity index (χ3v) is 8.04. The van der Waals surface area contributed by atoms with Crippen molar-refractivity contribution in [3.05, 3.63) is 35.6 Å². The first-order chi connectivity index (χ1) is 15.6. The lowest BCUT2D eigenvalue weighted by Crippen LogP contribution is -2.55. The molecule has 7 heteroatoms. The lowest BCUT2D eigenvalue weighted by molar-refractivity contribution is -0.144. The minimum atomic E-state index is -0.292. The van der Waals surface area contributed by atoms with Crippen molar-refractivity contribution in [3.63, 3.8) is 0 Å². The highest BCUT2D eigenvalue weighted by atomic mass is 19.1. The topological polar surface area (TPSA) is 67.7 Å². The van der Waals surface area contributed by atoms with Gasteiger partial charge in [-0.05, 0) is 48.3 Å². The Labute approximate surface area is 195 Å². The number of fused-ring (bicyclic) bond motifs is 3. The van der Waals surface area contributed by atoms with Crippen LogP contribution in [0, 0.1) is 34.4 Å². The molecule has 6 nitrogen and oxygen atoms in total. The minimum Gasteiger partial charge on any atom is -0.329 e. The molecule has 0 radical (unpaired) electrons. The van der Waals surface area contributed by atoms with E-state index in [2.05, 4.69) is 31.7 Å². The molecule has 3 heterocycles. The number of nitriles is 1. The second-order valence-electron chi connectivity index (χ2n) is 11.5. The van der Waals surface area contributed by atoms with Crippen molar-refractivity contribution in [1.82, 2.24) is 14.7 Å². The van der Waals surface area contributed by atoms with Crippen molar-refractivity contribution >= 4 is 11.8 Å². The first-order valence-corrected chi connectivity index (χ1v) is 12.1. The standard InChI is InChI=1S/C26H33FN4O2/c1-15(24(32)30-19(12-28)9-17-10-21(17)30)13-29-14-20-11-22(29)25(33)31(20)23(26(2,3)4)16-5-7-18(27)8-6-16/h5-8,15,17,19-23H,9-11,13-14H2,1-4H3/t15-,17+,19-,20-,21?,22-,23+/m0/s1. The van der Waals surface area contributed by atoms with E-state index in [0.29, 0.717) is 12.5 Å². The van der Waals surface area contributed by atoms with E-state index in [9.17, 15) is 19.2 Å². The van der Waals surface area contributed by atoms with Crippen LogP contribution in [0.5, 0.6) is 0 Å². The fourth-order valence-electron chi connectivity index (χ4n) is 6.53. The van der Waals surface area contributed by atoms with Crippen LogP contribution in [0.25, 0.3) is 0 Å². The van der Waals surface area contributed by atoms with E-state index in [-0.39, 0.29) is 59.2 Å². The van der Waals surface area contributed by atoms with Crippen molar-refractivity contribution in [2.24, 2.45) is 17.3 Å². The van der Waals surface area contributed by atoms with Gasteiger partial charge in [0.05, 0.1) is 18.2 Å². The highest BCUT2D eigenvalue weighted by Gasteiger charge is 2.56. The zero-order chi connectivity index (χ0) is 23.7. The number of likely N-dealkylation sites (tertiary alicyclic amines) is 3. The van der Waals surface area contributed by atoms with Gasteiger partial charge in [-0.2, -0.15) is 5.26 Å². The molecule has 4 aliphatic rings. The molecule has 1 aliphatic carbocycles. The quantitative estimate of drug-likeness (QED) is 0.687. The number of carbonyl (C=O) groups excluding carboxylic acids is 2. The van der Waals surface area contributed by atoms with Gasteiger partial charge in [0.25, 0.3) is 0 Å². The maximum absolute atomic E-state index is 13.5. The largest absolute Gasteiger partial charge is 0.329 e. The lowest BCUT2D eigenvalue weighted by atomic mass is 9.80. The summed E-state index contributed by atoms with van der Waals surface area (Å²) in [6.07, 6.45) is 2.60. The smallest absolute Gasteiger partial charge is 0.240 e. The predicted octanol–water partition coefficient (Wildman–Crippen LogP) is 3.35. The highest BCUT2D eigenvalue weighted by molar-refractivity contribution is 5.87. The Kier molecular flexibility index (Phi) is 5.28. The normalized spacial score (nSPS) is 32.6. The number of piperidine rings is 1. The van der Waals surface area contributed by atoms with Crippen LogP contribution < -0.4 is 0 Å². The molecule has 33 heavy (non-hydrogen) atoms. The first kappa shape index (κ1) is 22.3. The van der Waals surface area contributed by atoms with Crippen molar-refractivity contribution in [2.45, 2.75) is 77.2 Å². The molecule has 1 unspecified atom stereocenters. The third kappa shape index (κ3) is 3.73. The summed E-state index contributed by atoms with van der Waals surface area (Å²) in [5.74, 6) is 0.145. The molecule has 2 bridgehead atoms. The summed E-state index contributed by atoms with van der Waals surface area (Å²) < 4.78 is 13.5. The van der Waals surface area contributed by atoms with E-state index in [0.717, 1.165) is 31.4 Å². The van der Waals surface area contributed by atoms with Crippen LogP contribution >= 0.6 is 0 Å². The average Bonchev–Trinajstić information content (AvgIpc) is 3.09. The molecule has 3 aliphatic heterocycles. The number of halogens is 1. The van der Waals surface area contributed by atoms with Crippen LogP contribution in [-0.4, -0.2) is 63.8 Å². The van der Waals surface area contributed by atoms with Crippen LogP contribution in [0.4, 0.5) is 4.39 Å². The highest BCUT2D eigenvalue weighted by Crippen LogP contribution is 2.49. The summed E-state index contributed by atoms with van der Waals surface area (Å²) in [5, 5.41) is 9.44. The molecule has 5 rings (SSSR count). The van der Waals surface area contributed by atoms with Crippen LogP contribution in [0.15, 0.2) is 24.3 Å². The number of carbonyl (C=O) groups is 2. The second kappa shape index (κ2) is 7.80. The molecular weight excluding hydrogens is 419 g/mol. The molecule has 176 valence electrons. The third-order valence-electron chi connectivity index (χ3n) is 8.04. The van der Waals surface area contributed by atoms with Gasteiger partial charge in [0, 0.05) is 31.1 Å². The molecule has 0 aromatic heterocycles. The lowest BCUT2D eigenvalue weighted by Gasteiger charge is -2.45. The number of hydrogen-bond acceptors (Lipinski definition) is 4. The molecular formula is C26H33FN4O2. The second-order valence-corrected chi connectivity index (χ2v) is 11.5. The van der Waals surface area contributed by atoms with Gasteiger partial charge in [0.15, 0.2) is 0 Å². The van der Waals surface area contributed by atoms with Crippen molar-refractivity contribution in [3.8, 4) is 6.07 Å². The SMILES string of the molecule is C[C@@H](CN1C[C@@H]2C[C@H]1C(=O)N2[C@H](c1ccc(F)cc1)C(C)(C)C)C(=O)N1C2C[C@H]2C[C@H]1C#N. The van der Waals surface area contributed by atoms with Gasteiger partial charge >= 0.3 is 0 Å². The number of rotatable bonds is 5. The van der Waals surface area contributed by atoms with Crippen molar-refractivity contribution in [2.75, 3.05) is 13.1 Å². The molecule has 1 saturated carbocycles. The Balaban J connectivity index is 1.29. The Morgan fingerprint density at radius 3 is 2.52 bits per heavy atom. The van der Waals surface area contributed by atoms with Gasteiger partial charge in [-0.25, -0.2) is 4.39 Å². The summed E-state index contributed by atoms with van der Waals surface area (Å²) in [6, 6.07) is 8.50. The molecule has 0 N–H and O–H groups in total. The number of piperazine rings is 1. The van der Waals surface area contributed by atoms with Crippen LogP contribution in [-0.2, 0) is 9.59 Å². The van der Waals surface area contributed by atoms with Gasteiger partial charge < -0.3 is 9.80 Å². The number of hydrogen-bond donors (Lipinski definition) is 0. The summed E-state index contributed by atoms with van der Waals surface area (Å²) in [6.45, 7) is 9.57. The fraction of sp³-hybridized carbons (Fsp3) is 0.654. The van der Waals surface area contributed by atoms with Crippen LogP contribution in [0.1, 0.15) is 58.6 Å². The van der Waals surface area contributed by atoms with E-state index >= 15 is 0 Å². The summed E-state index contributed by atoms with van der Waals surface area (Å²) in [5.41, 5.74) is 0.755. The Hall–Kier alpha value is -2.46. The monoisotopic (exact) mass is 452 g/mol. The molecule has 4 fully saturated rings. The molecule has 2 amide bonds. The van der Waals surface area contributed by atoms with Crippen molar-refractivity contribution < 1.29 is 14.0 Å². The van der Waals surface area contributed by atoms with Gasteiger partial charge in [-0.1, -0.05) is 39.8 Å². The summed E-state index contributed by atoms with van der Waals surface area (Å²) >= 11 is 0. The number of benzene rings is 1. The molecule has 1 aromatic rings. The van der Waals surface area contributed by atoms with E-state index in [1.54, 1.807) is 12.1 Å². The minimum absolute atomic E-state index is 0.0532. The zero-order valence-electron chi connectivity index (χ0n) is 19.9. The zero-order valence-corrected chi connectivity index (χ0v) is 19.9. The van der Waals surface area contributed by atoms with E-state index in [4.69, 9.17) is 0 Å². The van der Waals surface area contributed by atoms with Crippen molar-refractivity contribution in [1.29, 1.82) is 5.26 Å². The fourth-order valence-corrected chi connectivity index (χ4v) is 6.53. The Bertz CT molecular complexity index is 997. The Morgan fingerprint density at radius 1 is 1.21 bits per heavy atom. The van der Waals surface area contributed by atoms with Gasteiger partial charge in [-0.15, -0.1) is 0 Å². The van der Waals surface area contributed by atoms with Gasteiger partial charge in [-0.3, -0.25) is 14.5 Å². The molecule has 0 spiro atoms.